The second-order valence-electron chi connectivity index (χ2n) is 4.00. The zero-order chi connectivity index (χ0) is 14.0. The van der Waals surface area contributed by atoms with Gasteiger partial charge in [-0.1, -0.05) is 11.6 Å². The number of carbonyl (C=O) groups excluding carboxylic acids is 1. The molecule has 0 atom stereocenters. The fourth-order valence-electron chi connectivity index (χ4n) is 1.71. The van der Waals surface area contributed by atoms with Crippen LogP contribution in [0.3, 0.4) is 0 Å². The van der Waals surface area contributed by atoms with Gasteiger partial charge in [-0.2, -0.15) is 0 Å². The number of hydrogen-bond acceptors (Lipinski definition) is 4. The molecule has 19 heavy (non-hydrogen) atoms. The van der Waals surface area contributed by atoms with Crippen molar-refractivity contribution in [2.45, 2.75) is 20.0 Å². The molecule has 2 aromatic heterocycles. The lowest BCUT2D eigenvalue weighted by Crippen LogP contribution is -2.28. The fraction of sp³-hybridized carbons (Fsp3) is 0.364. The van der Waals surface area contributed by atoms with Crippen LogP contribution < -0.4 is 5.76 Å². The first-order chi connectivity index (χ1) is 9.01. The Hall–Kier alpha value is -2.02. The monoisotopic (exact) mass is 284 g/mol. The van der Waals surface area contributed by atoms with E-state index in [0.29, 0.717) is 17.3 Å². The van der Waals surface area contributed by atoms with Gasteiger partial charge in [0.1, 0.15) is 5.69 Å². The molecule has 8 heteroatoms. The van der Waals surface area contributed by atoms with E-state index >= 15 is 0 Å². The SMILES string of the molecule is CCn1cc(Cl)cc1C(=O)N(C)Cc1n[nH]c(=O)o1. The Morgan fingerprint density at radius 2 is 2.37 bits per heavy atom. The Balaban J connectivity index is 2.16. The third-order valence-corrected chi connectivity index (χ3v) is 2.83. The molecule has 7 nitrogen and oxygen atoms in total. The third-order valence-electron chi connectivity index (χ3n) is 2.62. The molecule has 0 saturated carbocycles. The number of halogens is 1. The second kappa shape index (κ2) is 5.31. The van der Waals surface area contributed by atoms with Crippen LogP contribution in [0.15, 0.2) is 21.5 Å². The molecular formula is C11H13ClN4O3. The predicted octanol–water partition coefficient (Wildman–Crippen LogP) is 1.11. The number of nitrogens with one attached hydrogen (secondary N) is 1. The number of aromatic nitrogens is 3. The molecule has 0 aliphatic rings. The summed E-state index contributed by atoms with van der Waals surface area (Å²) in [5.74, 6) is -0.711. The van der Waals surface area contributed by atoms with Gasteiger partial charge in [0, 0.05) is 19.8 Å². The van der Waals surface area contributed by atoms with Gasteiger partial charge in [0.25, 0.3) is 5.91 Å². The van der Waals surface area contributed by atoms with Gasteiger partial charge in [0.2, 0.25) is 5.89 Å². The summed E-state index contributed by atoms with van der Waals surface area (Å²) in [5, 5.41) is 6.30. The summed E-state index contributed by atoms with van der Waals surface area (Å²) in [5.41, 5.74) is 0.480. The summed E-state index contributed by atoms with van der Waals surface area (Å²) in [7, 11) is 1.60. The number of aryl methyl sites for hydroxylation is 1. The summed E-state index contributed by atoms with van der Waals surface area (Å²) in [4.78, 5) is 24.4. The van der Waals surface area contributed by atoms with E-state index in [1.165, 1.54) is 4.90 Å². The van der Waals surface area contributed by atoms with Crippen LogP contribution in [-0.2, 0) is 13.1 Å². The summed E-state index contributed by atoms with van der Waals surface area (Å²) in [6, 6.07) is 1.60. The summed E-state index contributed by atoms with van der Waals surface area (Å²) < 4.78 is 6.50. The van der Waals surface area contributed by atoms with Crippen LogP contribution in [0.2, 0.25) is 5.02 Å². The first-order valence-corrected chi connectivity index (χ1v) is 6.04. The highest BCUT2D eigenvalue weighted by Crippen LogP contribution is 2.16. The maximum atomic E-state index is 12.2. The van der Waals surface area contributed by atoms with Crippen LogP contribution >= 0.6 is 11.6 Å². The Kier molecular flexibility index (Phi) is 3.75. The van der Waals surface area contributed by atoms with Crippen molar-refractivity contribution < 1.29 is 9.21 Å². The van der Waals surface area contributed by atoms with E-state index in [0.717, 1.165) is 0 Å². The number of carbonyl (C=O) groups is 1. The minimum atomic E-state index is -0.643. The molecule has 2 aromatic rings. The Morgan fingerprint density at radius 1 is 1.63 bits per heavy atom. The van der Waals surface area contributed by atoms with Crippen LogP contribution in [0.4, 0.5) is 0 Å². The minimum absolute atomic E-state index is 0.101. The first-order valence-electron chi connectivity index (χ1n) is 5.66. The largest absolute Gasteiger partial charge is 0.434 e. The van der Waals surface area contributed by atoms with Gasteiger partial charge in [0.15, 0.2) is 0 Å². The molecule has 0 fully saturated rings. The molecule has 2 rings (SSSR count). The van der Waals surface area contributed by atoms with Gasteiger partial charge in [0.05, 0.1) is 11.6 Å². The van der Waals surface area contributed by atoms with Gasteiger partial charge in [-0.15, -0.1) is 5.10 Å². The Labute approximate surface area is 113 Å². The van der Waals surface area contributed by atoms with Crippen LogP contribution in [0.25, 0.3) is 0 Å². The fourth-order valence-corrected chi connectivity index (χ4v) is 1.94. The van der Waals surface area contributed by atoms with Crippen molar-refractivity contribution in [3.63, 3.8) is 0 Å². The standard InChI is InChI=1S/C11H13ClN4O3/c1-3-16-5-7(12)4-8(16)10(17)15(2)6-9-13-14-11(18)19-9/h4-5H,3,6H2,1-2H3,(H,14,18). The van der Waals surface area contributed by atoms with Gasteiger partial charge in [-0.3, -0.25) is 4.79 Å². The van der Waals surface area contributed by atoms with Gasteiger partial charge in [-0.25, -0.2) is 9.89 Å². The van der Waals surface area contributed by atoms with E-state index in [4.69, 9.17) is 16.0 Å². The number of nitrogens with zero attached hydrogens (tertiary/aromatic N) is 3. The average Bonchev–Trinajstić information content (AvgIpc) is 2.94. The van der Waals surface area contributed by atoms with Gasteiger partial charge < -0.3 is 13.9 Å². The zero-order valence-corrected chi connectivity index (χ0v) is 11.3. The summed E-state index contributed by atoms with van der Waals surface area (Å²) >= 11 is 5.89. The molecule has 0 radical (unpaired) electrons. The first kappa shape index (κ1) is 13.4. The molecule has 1 amide bonds. The molecule has 2 heterocycles. The van der Waals surface area contributed by atoms with Crippen LogP contribution in [-0.4, -0.2) is 32.6 Å². The van der Waals surface area contributed by atoms with Crippen LogP contribution in [0, 0.1) is 0 Å². The van der Waals surface area contributed by atoms with Crippen molar-refractivity contribution in [1.82, 2.24) is 19.7 Å². The quantitative estimate of drug-likeness (QED) is 0.911. The third kappa shape index (κ3) is 2.87. The molecule has 0 aromatic carbocycles. The summed E-state index contributed by atoms with van der Waals surface area (Å²) in [6.45, 7) is 2.66. The lowest BCUT2D eigenvalue weighted by atomic mass is 10.3. The van der Waals surface area contributed by atoms with Crippen molar-refractivity contribution in [3.05, 3.63) is 39.4 Å². The Morgan fingerprint density at radius 3 is 2.95 bits per heavy atom. The zero-order valence-electron chi connectivity index (χ0n) is 10.5. The number of hydrogen-bond donors (Lipinski definition) is 1. The molecule has 0 unspecified atom stereocenters. The predicted molar refractivity (Wildman–Crippen MR) is 68.0 cm³/mol. The minimum Gasteiger partial charge on any atom is -0.391 e. The molecule has 0 bridgehead atoms. The maximum absolute atomic E-state index is 12.2. The highest BCUT2D eigenvalue weighted by molar-refractivity contribution is 6.31. The molecular weight excluding hydrogens is 272 g/mol. The van der Waals surface area contributed by atoms with E-state index in [9.17, 15) is 9.59 Å². The van der Waals surface area contributed by atoms with Crippen molar-refractivity contribution in [2.75, 3.05) is 7.05 Å². The maximum Gasteiger partial charge on any atom is 0.434 e. The number of amides is 1. The topological polar surface area (TPSA) is 84.1 Å². The van der Waals surface area contributed by atoms with Gasteiger partial charge >= 0.3 is 5.76 Å². The number of H-pyrrole nitrogens is 1. The van der Waals surface area contributed by atoms with E-state index < -0.39 is 5.76 Å². The average molecular weight is 285 g/mol. The molecule has 1 N–H and O–H groups in total. The van der Waals surface area contributed by atoms with Gasteiger partial charge in [-0.05, 0) is 13.0 Å². The molecule has 0 aliphatic heterocycles. The normalized spacial score (nSPS) is 10.7. The molecule has 0 aliphatic carbocycles. The van der Waals surface area contributed by atoms with Crippen molar-refractivity contribution in [3.8, 4) is 0 Å². The number of rotatable bonds is 4. The van der Waals surface area contributed by atoms with E-state index in [-0.39, 0.29) is 18.3 Å². The summed E-state index contributed by atoms with van der Waals surface area (Å²) in [6.07, 6.45) is 1.69. The number of aromatic amines is 1. The lowest BCUT2D eigenvalue weighted by Gasteiger charge is -2.15. The molecule has 0 spiro atoms. The van der Waals surface area contributed by atoms with Crippen molar-refractivity contribution in [1.29, 1.82) is 0 Å². The Bertz CT molecular complexity index is 642. The van der Waals surface area contributed by atoms with Crippen LogP contribution in [0.5, 0.6) is 0 Å². The van der Waals surface area contributed by atoms with E-state index in [2.05, 4.69) is 10.2 Å². The van der Waals surface area contributed by atoms with Crippen LogP contribution in [0.1, 0.15) is 23.3 Å². The molecule has 102 valence electrons. The smallest absolute Gasteiger partial charge is 0.391 e. The second-order valence-corrected chi connectivity index (χ2v) is 4.43. The highest BCUT2D eigenvalue weighted by Gasteiger charge is 2.18. The van der Waals surface area contributed by atoms with Crippen molar-refractivity contribution in [2.24, 2.45) is 0 Å². The van der Waals surface area contributed by atoms with E-state index in [1.54, 1.807) is 23.9 Å². The van der Waals surface area contributed by atoms with E-state index in [1.807, 2.05) is 6.92 Å². The van der Waals surface area contributed by atoms with Crippen molar-refractivity contribution >= 4 is 17.5 Å². The molecule has 0 saturated heterocycles. The lowest BCUT2D eigenvalue weighted by molar-refractivity contribution is 0.0761. The highest BCUT2D eigenvalue weighted by atomic mass is 35.5.